The number of aromatic nitrogens is 1. The maximum atomic E-state index is 11.6. The van der Waals surface area contributed by atoms with Crippen molar-refractivity contribution in [3.8, 4) is 0 Å². The highest BCUT2D eigenvalue weighted by Crippen LogP contribution is 2.27. The minimum atomic E-state index is 0.140. The summed E-state index contributed by atoms with van der Waals surface area (Å²) < 4.78 is 0.979. The molecule has 1 aliphatic rings. The average molecular weight is 284 g/mol. The van der Waals surface area contributed by atoms with Crippen LogP contribution in [0.3, 0.4) is 0 Å². The van der Waals surface area contributed by atoms with Crippen molar-refractivity contribution in [3.05, 3.63) is 22.3 Å². The molecule has 86 valence electrons. The fourth-order valence-electron chi connectivity index (χ4n) is 1.69. The first kappa shape index (κ1) is 11.4. The number of piperazine rings is 1. The smallest absolute Gasteiger partial charge is 0.241 e. The summed E-state index contributed by atoms with van der Waals surface area (Å²) in [4.78, 5) is 19.7. The first-order valence-electron chi connectivity index (χ1n) is 5.19. The summed E-state index contributed by atoms with van der Waals surface area (Å²) in [6, 6.07) is 1.95. The van der Waals surface area contributed by atoms with E-state index in [0.29, 0.717) is 6.54 Å². The lowest BCUT2D eigenvalue weighted by Crippen LogP contribution is -2.49. The van der Waals surface area contributed by atoms with E-state index in [1.165, 1.54) is 0 Å². The average Bonchev–Trinajstić information content (AvgIpc) is 2.26. The van der Waals surface area contributed by atoms with Crippen LogP contribution < -0.4 is 4.90 Å². The Kier molecular flexibility index (Phi) is 3.14. The van der Waals surface area contributed by atoms with Gasteiger partial charge in [0.2, 0.25) is 5.91 Å². The van der Waals surface area contributed by atoms with Gasteiger partial charge in [-0.15, -0.1) is 0 Å². The van der Waals surface area contributed by atoms with Gasteiger partial charge in [-0.2, -0.15) is 0 Å². The second kappa shape index (κ2) is 4.41. The van der Waals surface area contributed by atoms with Gasteiger partial charge in [-0.05, 0) is 34.5 Å². The molecule has 0 aromatic carbocycles. The lowest BCUT2D eigenvalue weighted by molar-refractivity contribution is -0.129. The molecule has 1 aromatic heterocycles. The number of halogens is 1. The predicted molar refractivity (Wildman–Crippen MR) is 66.5 cm³/mol. The Bertz CT molecular complexity index is 422. The van der Waals surface area contributed by atoms with Crippen molar-refractivity contribution >= 4 is 27.7 Å². The minimum Gasteiger partial charge on any atom is -0.345 e. The maximum Gasteiger partial charge on any atom is 0.241 e. The van der Waals surface area contributed by atoms with Crippen LogP contribution in [0.2, 0.25) is 0 Å². The SMILES string of the molecule is Cc1ccnc(N2CCN(C)C(=O)C2)c1Br. The number of likely N-dealkylation sites (N-methyl/N-ethyl adjacent to an activating group) is 1. The zero-order chi connectivity index (χ0) is 11.7. The van der Waals surface area contributed by atoms with E-state index in [9.17, 15) is 4.79 Å². The Morgan fingerprint density at radius 2 is 2.19 bits per heavy atom. The Morgan fingerprint density at radius 1 is 1.44 bits per heavy atom. The molecule has 1 amide bonds. The van der Waals surface area contributed by atoms with Crippen LogP contribution in [-0.2, 0) is 4.79 Å². The molecule has 1 aromatic rings. The lowest BCUT2D eigenvalue weighted by atomic mass is 10.2. The molecule has 1 saturated heterocycles. The van der Waals surface area contributed by atoms with Gasteiger partial charge in [-0.25, -0.2) is 4.98 Å². The van der Waals surface area contributed by atoms with E-state index in [4.69, 9.17) is 0 Å². The lowest BCUT2D eigenvalue weighted by Gasteiger charge is -2.33. The van der Waals surface area contributed by atoms with E-state index >= 15 is 0 Å². The van der Waals surface area contributed by atoms with E-state index in [-0.39, 0.29) is 5.91 Å². The number of carbonyl (C=O) groups is 1. The van der Waals surface area contributed by atoms with E-state index < -0.39 is 0 Å². The van der Waals surface area contributed by atoms with Crippen LogP contribution in [-0.4, -0.2) is 42.5 Å². The maximum absolute atomic E-state index is 11.6. The topological polar surface area (TPSA) is 36.4 Å². The molecule has 5 heteroatoms. The molecule has 0 saturated carbocycles. The number of hydrogen-bond acceptors (Lipinski definition) is 3. The Balaban J connectivity index is 2.25. The molecule has 0 spiro atoms. The highest BCUT2D eigenvalue weighted by molar-refractivity contribution is 9.10. The number of amides is 1. The quantitative estimate of drug-likeness (QED) is 0.783. The molecule has 0 N–H and O–H groups in total. The summed E-state index contributed by atoms with van der Waals surface area (Å²) in [5.74, 6) is 1.00. The number of anilines is 1. The van der Waals surface area contributed by atoms with Crippen molar-refractivity contribution in [3.63, 3.8) is 0 Å². The number of nitrogens with zero attached hydrogens (tertiary/aromatic N) is 3. The third kappa shape index (κ3) is 2.04. The van der Waals surface area contributed by atoms with Gasteiger partial charge in [0, 0.05) is 26.3 Å². The second-order valence-electron chi connectivity index (χ2n) is 4.00. The Labute approximate surface area is 103 Å². The highest BCUT2D eigenvalue weighted by Gasteiger charge is 2.23. The first-order chi connectivity index (χ1) is 7.59. The zero-order valence-corrected chi connectivity index (χ0v) is 11.0. The van der Waals surface area contributed by atoms with E-state index in [2.05, 4.69) is 20.9 Å². The summed E-state index contributed by atoms with van der Waals surface area (Å²) in [6.45, 7) is 4.01. The summed E-state index contributed by atoms with van der Waals surface area (Å²) in [7, 11) is 1.83. The molecule has 1 fully saturated rings. The Morgan fingerprint density at radius 3 is 2.88 bits per heavy atom. The standard InChI is InChI=1S/C11H14BrN3O/c1-8-3-4-13-11(10(8)12)15-6-5-14(2)9(16)7-15/h3-4H,5-7H2,1-2H3. The van der Waals surface area contributed by atoms with E-state index in [0.717, 1.165) is 28.9 Å². The number of rotatable bonds is 1. The van der Waals surface area contributed by atoms with Gasteiger partial charge in [0.25, 0.3) is 0 Å². The van der Waals surface area contributed by atoms with Crippen LogP contribution in [0.5, 0.6) is 0 Å². The zero-order valence-electron chi connectivity index (χ0n) is 9.40. The molecule has 0 atom stereocenters. The van der Waals surface area contributed by atoms with Gasteiger partial charge in [-0.3, -0.25) is 4.79 Å². The van der Waals surface area contributed by atoms with Crippen LogP contribution in [0.4, 0.5) is 5.82 Å². The molecule has 0 aliphatic carbocycles. The summed E-state index contributed by atoms with van der Waals surface area (Å²) in [6.07, 6.45) is 1.78. The molecular formula is C11H14BrN3O. The molecular weight excluding hydrogens is 270 g/mol. The number of aryl methyl sites for hydroxylation is 1. The van der Waals surface area contributed by atoms with Gasteiger partial charge in [0.1, 0.15) is 5.82 Å². The molecule has 1 aliphatic heterocycles. The summed E-state index contributed by atoms with van der Waals surface area (Å²) >= 11 is 3.52. The third-order valence-corrected chi connectivity index (χ3v) is 3.80. The van der Waals surface area contributed by atoms with Gasteiger partial charge < -0.3 is 9.80 Å². The van der Waals surface area contributed by atoms with Gasteiger partial charge >= 0.3 is 0 Å². The van der Waals surface area contributed by atoms with E-state index in [1.807, 2.05) is 24.9 Å². The van der Waals surface area contributed by atoms with Crippen LogP contribution in [0.1, 0.15) is 5.56 Å². The van der Waals surface area contributed by atoms with Gasteiger partial charge in [0.15, 0.2) is 0 Å². The van der Waals surface area contributed by atoms with Crippen molar-refractivity contribution in [2.24, 2.45) is 0 Å². The number of carbonyl (C=O) groups excluding carboxylic acids is 1. The van der Waals surface area contributed by atoms with Crippen molar-refractivity contribution in [1.29, 1.82) is 0 Å². The minimum absolute atomic E-state index is 0.140. The van der Waals surface area contributed by atoms with Crippen molar-refractivity contribution < 1.29 is 4.79 Å². The van der Waals surface area contributed by atoms with Crippen LogP contribution in [0, 0.1) is 6.92 Å². The van der Waals surface area contributed by atoms with Crippen molar-refractivity contribution in [1.82, 2.24) is 9.88 Å². The molecule has 0 bridgehead atoms. The molecule has 2 heterocycles. The van der Waals surface area contributed by atoms with Crippen LogP contribution in [0.25, 0.3) is 0 Å². The first-order valence-corrected chi connectivity index (χ1v) is 5.99. The summed E-state index contributed by atoms with van der Waals surface area (Å²) in [5.41, 5.74) is 1.14. The van der Waals surface area contributed by atoms with Crippen molar-refractivity contribution in [2.75, 3.05) is 31.6 Å². The molecule has 0 unspecified atom stereocenters. The fraction of sp³-hybridized carbons (Fsp3) is 0.455. The normalized spacial score (nSPS) is 16.8. The monoisotopic (exact) mass is 283 g/mol. The highest BCUT2D eigenvalue weighted by atomic mass is 79.9. The molecule has 16 heavy (non-hydrogen) atoms. The molecule has 4 nitrogen and oxygen atoms in total. The summed E-state index contributed by atoms with van der Waals surface area (Å²) in [5, 5.41) is 0. The van der Waals surface area contributed by atoms with Gasteiger partial charge in [-0.1, -0.05) is 0 Å². The Hall–Kier alpha value is -1.10. The second-order valence-corrected chi connectivity index (χ2v) is 4.80. The largest absolute Gasteiger partial charge is 0.345 e. The van der Waals surface area contributed by atoms with E-state index in [1.54, 1.807) is 11.1 Å². The number of hydrogen-bond donors (Lipinski definition) is 0. The van der Waals surface area contributed by atoms with Crippen LogP contribution >= 0.6 is 15.9 Å². The molecule has 2 rings (SSSR count). The number of pyridine rings is 1. The molecule has 0 radical (unpaired) electrons. The van der Waals surface area contributed by atoms with Gasteiger partial charge in [0.05, 0.1) is 11.0 Å². The third-order valence-electron chi connectivity index (χ3n) is 2.82. The fourth-order valence-corrected chi connectivity index (χ4v) is 2.17. The predicted octanol–water partition coefficient (Wildman–Crippen LogP) is 1.43. The van der Waals surface area contributed by atoms with Crippen molar-refractivity contribution in [2.45, 2.75) is 6.92 Å². The van der Waals surface area contributed by atoms with Crippen LogP contribution in [0.15, 0.2) is 16.7 Å².